The molecule has 0 bridgehead atoms. The van der Waals surface area contributed by atoms with E-state index in [9.17, 15) is 4.79 Å². The fourth-order valence-corrected chi connectivity index (χ4v) is 3.41. The predicted octanol–water partition coefficient (Wildman–Crippen LogP) is 2.83. The standard InChI is InChI=1S/C23H23FN4O2/c1-23(2,25)11-10-15-6-4-8-18-16(15)14-30-13-12-28(18)21-20-17(24)7-5-9-19(20)27(3)22(29)26-21/h4-9H,12-14,25H2,1-3H3/i3D3. The van der Waals surface area contributed by atoms with Crippen LogP contribution in [-0.2, 0) is 18.3 Å². The Morgan fingerprint density at radius 3 is 2.87 bits per heavy atom. The summed E-state index contributed by atoms with van der Waals surface area (Å²) in [7, 11) is 0. The van der Waals surface area contributed by atoms with Crippen molar-refractivity contribution < 1.29 is 13.2 Å². The molecule has 4 rings (SSSR count). The number of hydrogen-bond donors (Lipinski definition) is 1. The minimum atomic E-state index is -2.81. The molecule has 30 heavy (non-hydrogen) atoms. The number of benzene rings is 2. The molecule has 7 heteroatoms. The normalized spacial score (nSPS) is 16.0. The maximum absolute atomic E-state index is 15.1. The summed E-state index contributed by atoms with van der Waals surface area (Å²) in [6, 6.07) is 9.42. The molecule has 1 aliphatic heterocycles. The Bertz CT molecular complexity index is 1350. The second kappa shape index (κ2) is 7.56. The monoisotopic (exact) mass is 409 g/mol. The van der Waals surface area contributed by atoms with Crippen LogP contribution in [0.4, 0.5) is 15.9 Å². The Kier molecular flexibility index (Phi) is 4.18. The summed E-state index contributed by atoms with van der Waals surface area (Å²) < 4.78 is 44.6. The number of hydrogen-bond acceptors (Lipinski definition) is 5. The SMILES string of the molecule is [2H]C([2H])([2H])n1c(=O)nc(N2CCOCc3c(C#CC(C)(C)N)cccc32)c2c(F)cccc21. The van der Waals surface area contributed by atoms with E-state index in [1.54, 1.807) is 24.8 Å². The summed E-state index contributed by atoms with van der Waals surface area (Å²) in [5.41, 5.74) is 6.35. The lowest BCUT2D eigenvalue weighted by Gasteiger charge is -2.25. The van der Waals surface area contributed by atoms with Gasteiger partial charge in [0.2, 0.25) is 0 Å². The minimum Gasteiger partial charge on any atom is -0.375 e. The van der Waals surface area contributed by atoms with E-state index in [-0.39, 0.29) is 36.5 Å². The topological polar surface area (TPSA) is 73.4 Å². The summed E-state index contributed by atoms with van der Waals surface area (Å²) >= 11 is 0. The highest BCUT2D eigenvalue weighted by Crippen LogP contribution is 2.35. The van der Waals surface area contributed by atoms with Gasteiger partial charge in [0.1, 0.15) is 5.82 Å². The van der Waals surface area contributed by atoms with Gasteiger partial charge in [-0.25, -0.2) is 9.18 Å². The number of anilines is 2. The number of rotatable bonds is 1. The summed E-state index contributed by atoms with van der Waals surface area (Å²) in [6.07, 6.45) is 0. The summed E-state index contributed by atoms with van der Waals surface area (Å²) in [5, 5.41) is -0.0550. The first-order chi connectivity index (χ1) is 15.5. The number of ether oxygens (including phenoxy) is 1. The molecule has 154 valence electrons. The summed E-state index contributed by atoms with van der Waals surface area (Å²) in [6.45, 7) is 1.59. The highest BCUT2D eigenvalue weighted by atomic mass is 19.1. The Morgan fingerprint density at radius 1 is 1.30 bits per heavy atom. The molecule has 3 aromatic rings. The molecule has 0 spiro atoms. The van der Waals surface area contributed by atoms with Gasteiger partial charge in [0, 0.05) is 34.4 Å². The van der Waals surface area contributed by atoms with Crippen molar-refractivity contribution in [1.82, 2.24) is 9.55 Å². The van der Waals surface area contributed by atoms with Crippen LogP contribution in [-0.4, -0.2) is 28.2 Å². The van der Waals surface area contributed by atoms with E-state index in [4.69, 9.17) is 14.6 Å². The third-order valence-electron chi connectivity index (χ3n) is 4.77. The van der Waals surface area contributed by atoms with Gasteiger partial charge in [-0.05, 0) is 38.1 Å². The molecule has 0 radical (unpaired) electrons. The van der Waals surface area contributed by atoms with Crippen molar-refractivity contribution in [1.29, 1.82) is 0 Å². The first-order valence-electron chi connectivity index (χ1n) is 11.0. The van der Waals surface area contributed by atoms with Crippen molar-refractivity contribution in [3.8, 4) is 11.8 Å². The molecule has 0 aliphatic carbocycles. The molecule has 1 aliphatic rings. The van der Waals surface area contributed by atoms with Gasteiger partial charge in [-0.2, -0.15) is 4.98 Å². The molecule has 0 unspecified atom stereocenters. The fourth-order valence-electron chi connectivity index (χ4n) is 3.41. The third-order valence-corrected chi connectivity index (χ3v) is 4.77. The van der Waals surface area contributed by atoms with Gasteiger partial charge in [-0.15, -0.1) is 0 Å². The Hall–Kier alpha value is -3.21. The molecule has 0 saturated carbocycles. The first kappa shape index (κ1) is 16.6. The molecule has 6 nitrogen and oxygen atoms in total. The van der Waals surface area contributed by atoms with E-state index in [2.05, 4.69) is 16.8 Å². The van der Waals surface area contributed by atoms with E-state index in [0.29, 0.717) is 15.8 Å². The average molecular weight is 409 g/mol. The van der Waals surface area contributed by atoms with Crippen molar-refractivity contribution in [3.63, 3.8) is 0 Å². The van der Waals surface area contributed by atoms with Crippen LogP contribution < -0.4 is 16.3 Å². The van der Waals surface area contributed by atoms with Gasteiger partial charge < -0.3 is 15.4 Å². The lowest BCUT2D eigenvalue weighted by atomic mass is 10.0. The van der Waals surface area contributed by atoms with Crippen LogP contribution in [0.1, 0.15) is 29.1 Å². The predicted molar refractivity (Wildman–Crippen MR) is 115 cm³/mol. The lowest BCUT2D eigenvalue weighted by Crippen LogP contribution is -2.29. The van der Waals surface area contributed by atoms with E-state index < -0.39 is 24.0 Å². The van der Waals surface area contributed by atoms with Crippen LogP contribution in [0.2, 0.25) is 0 Å². The zero-order valence-electron chi connectivity index (χ0n) is 19.7. The van der Waals surface area contributed by atoms with Crippen molar-refractivity contribution >= 4 is 22.4 Å². The number of fused-ring (bicyclic) bond motifs is 2. The molecule has 2 N–H and O–H groups in total. The van der Waals surface area contributed by atoms with Gasteiger partial charge >= 0.3 is 5.69 Å². The molecule has 0 amide bonds. The van der Waals surface area contributed by atoms with E-state index in [1.807, 2.05) is 12.1 Å². The Labute approximate surface area is 178 Å². The molecular formula is C23H23FN4O2. The van der Waals surface area contributed by atoms with Gasteiger partial charge in [-0.3, -0.25) is 4.57 Å². The van der Waals surface area contributed by atoms with Crippen LogP contribution in [0.5, 0.6) is 0 Å². The third kappa shape index (κ3) is 3.67. The van der Waals surface area contributed by atoms with Crippen molar-refractivity contribution in [2.45, 2.75) is 26.0 Å². The maximum Gasteiger partial charge on any atom is 0.349 e. The lowest BCUT2D eigenvalue weighted by molar-refractivity contribution is 0.133. The molecule has 1 aromatic heterocycles. The van der Waals surface area contributed by atoms with E-state index >= 15 is 4.39 Å². The molecule has 2 heterocycles. The molecule has 2 aromatic carbocycles. The fraction of sp³-hybridized carbons (Fsp3) is 0.304. The number of aromatic nitrogens is 2. The summed E-state index contributed by atoms with van der Waals surface area (Å²) in [4.78, 5) is 18.5. The van der Waals surface area contributed by atoms with E-state index in [1.165, 1.54) is 18.2 Å². The Balaban J connectivity index is 2.00. The van der Waals surface area contributed by atoms with Crippen LogP contribution in [0.15, 0.2) is 41.2 Å². The van der Waals surface area contributed by atoms with Crippen LogP contribution >= 0.6 is 0 Å². The maximum atomic E-state index is 15.1. The van der Waals surface area contributed by atoms with Crippen LogP contribution in [0, 0.1) is 17.7 Å². The van der Waals surface area contributed by atoms with Crippen LogP contribution in [0.3, 0.4) is 0 Å². The van der Waals surface area contributed by atoms with Gasteiger partial charge in [0.05, 0.1) is 29.7 Å². The van der Waals surface area contributed by atoms with Gasteiger partial charge in [-0.1, -0.05) is 24.0 Å². The van der Waals surface area contributed by atoms with Crippen LogP contribution in [0.25, 0.3) is 10.9 Å². The largest absolute Gasteiger partial charge is 0.375 e. The Morgan fingerprint density at radius 2 is 2.10 bits per heavy atom. The molecular weight excluding hydrogens is 383 g/mol. The average Bonchev–Trinajstić information content (AvgIpc) is 2.93. The zero-order valence-corrected chi connectivity index (χ0v) is 16.7. The quantitative estimate of drug-likeness (QED) is 0.626. The second-order valence-corrected chi connectivity index (χ2v) is 7.67. The highest BCUT2D eigenvalue weighted by Gasteiger charge is 2.24. The van der Waals surface area contributed by atoms with Gasteiger partial charge in [0.25, 0.3) is 0 Å². The number of nitrogens with zero attached hydrogens (tertiary/aromatic N) is 3. The minimum absolute atomic E-state index is 0.0320. The smallest absolute Gasteiger partial charge is 0.349 e. The highest BCUT2D eigenvalue weighted by molar-refractivity contribution is 5.92. The van der Waals surface area contributed by atoms with Crippen molar-refractivity contribution in [3.05, 3.63) is 63.8 Å². The number of aryl methyl sites for hydroxylation is 1. The first-order valence-corrected chi connectivity index (χ1v) is 9.48. The number of halogens is 1. The van der Waals surface area contributed by atoms with Gasteiger partial charge in [0.15, 0.2) is 5.82 Å². The summed E-state index contributed by atoms with van der Waals surface area (Å²) in [5.74, 6) is 5.43. The molecule has 0 saturated heterocycles. The second-order valence-electron chi connectivity index (χ2n) is 7.67. The number of nitrogens with two attached hydrogens (primary N) is 1. The van der Waals surface area contributed by atoms with Crippen molar-refractivity contribution in [2.75, 3.05) is 18.1 Å². The van der Waals surface area contributed by atoms with Crippen molar-refractivity contribution in [2.24, 2.45) is 12.7 Å². The molecule has 0 fully saturated rings. The molecule has 0 atom stereocenters. The van der Waals surface area contributed by atoms with E-state index in [0.717, 1.165) is 5.56 Å². The zero-order chi connectivity index (χ0) is 24.0.